The quantitative estimate of drug-likeness (QED) is 0.103. The van der Waals surface area contributed by atoms with Gasteiger partial charge in [-0.15, -0.1) is 0 Å². The Morgan fingerprint density at radius 1 is 1.00 bits per heavy atom. The van der Waals surface area contributed by atoms with Crippen molar-refractivity contribution in [3.8, 4) is 0 Å². The molecular weight excluding hydrogens is 644 g/mol. The van der Waals surface area contributed by atoms with Crippen molar-refractivity contribution in [1.29, 1.82) is 0 Å². The number of hydrogen-bond acceptors (Lipinski definition) is 8. The van der Waals surface area contributed by atoms with E-state index in [0.29, 0.717) is 44.5 Å². The summed E-state index contributed by atoms with van der Waals surface area (Å²) in [5.74, 6) is -1.28. The lowest BCUT2D eigenvalue weighted by Crippen LogP contribution is -2.50. The van der Waals surface area contributed by atoms with Gasteiger partial charge in [0.25, 0.3) is 0 Å². The van der Waals surface area contributed by atoms with Gasteiger partial charge in [0.15, 0.2) is 0 Å². The average Bonchev–Trinajstić information content (AvgIpc) is 3.42. The molecule has 0 radical (unpaired) electrons. The maximum absolute atomic E-state index is 13.8. The van der Waals surface area contributed by atoms with Gasteiger partial charge in [-0.25, -0.2) is 13.2 Å². The fraction of sp³-hybridized carbons (Fsp3) is 0.444. The first-order chi connectivity index (χ1) is 23.4. The van der Waals surface area contributed by atoms with Crippen molar-refractivity contribution in [2.75, 3.05) is 26.2 Å². The molecule has 3 amide bonds. The lowest BCUT2D eigenvalue weighted by molar-refractivity contribution is -0.123. The van der Waals surface area contributed by atoms with Crippen molar-refractivity contribution in [2.24, 2.45) is 28.6 Å². The topological polar surface area (TPSA) is 170 Å². The molecule has 1 fully saturated rings. The van der Waals surface area contributed by atoms with Crippen LogP contribution in [-0.2, 0) is 27.8 Å². The van der Waals surface area contributed by atoms with E-state index in [4.69, 9.17) is 10.9 Å². The number of sulfonamides is 1. The zero-order chi connectivity index (χ0) is 35.6. The van der Waals surface area contributed by atoms with E-state index < -0.39 is 28.1 Å². The van der Waals surface area contributed by atoms with Gasteiger partial charge in [-0.2, -0.15) is 4.31 Å². The summed E-state index contributed by atoms with van der Waals surface area (Å²) in [6.45, 7) is 6.99. The zero-order valence-corrected chi connectivity index (χ0v) is 29.2. The van der Waals surface area contributed by atoms with Crippen LogP contribution in [0.1, 0.15) is 50.3 Å². The third-order valence-corrected chi connectivity index (χ3v) is 10.8. The number of carbonyl (C=O) groups excluding carboxylic acids is 2. The van der Waals surface area contributed by atoms with Crippen LogP contribution in [0.4, 0.5) is 4.79 Å². The van der Waals surface area contributed by atoms with Gasteiger partial charge in [-0.05, 0) is 71.9 Å². The number of urea groups is 1. The Morgan fingerprint density at radius 2 is 1.69 bits per heavy atom. The Morgan fingerprint density at radius 3 is 2.31 bits per heavy atom. The molecule has 4 atom stereocenters. The molecule has 12 nitrogen and oxygen atoms in total. The molecule has 13 heteroatoms. The minimum absolute atomic E-state index is 0.0117. The van der Waals surface area contributed by atoms with Crippen LogP contribution in [0.3, 0.4) is 0 Å². The predicted molar refractivity (Wildman–Crippen MR) is 187 cm³/mol. The summed E-state index contributed by atoms with van der Waals surface area (Å²) >= 11 is 0. The second kappa shape index (κ2) is 17.4. The first-order valence-electron chi connectivity index (χ1n) is 16.6. The monoisotopic (exact) mass is 692 g/mol. The number of carbonyl (C=O) groups is 2. The third kappa shape index (κ3) is 10.1. The van der Waals surface area contributed by atoms with E-state index in [2.05, 4.69) is 10.1 Å². The van der Waals surface area contributed by atoms with E-state index in [1.165, 1.54) is 22.7 Å². The lowest BCUT2D eigenvalue weighted by Gasteiger charge is -2.33. The molecule has 0 saturated carbocycles. The summed E-state index contributed by atoms with van der Waals surface area (Å²) in [7, 11) is -3.98. The van der Waals surface area contributed by atoms with Crippen LogP contribution < -0.4 is 5.73 Å². The number of hydrogen-bond donors (Lipinski definition) is 3. The second-order valence-corrected chi connectivity index (χ2v) is 15.1. The third-order valence-electron chi connectivity index (χ3n) is 8.95. The number of nitrogens with two attached hydrogens (primary N) is 1. The number of aromatic nitrogens is 1. The molecule has 264 valence electrons. The number of benzene rings is 2. The van der Waals surface area contributed by atoms with Crippen LogP contribution in [0.15, 0.2) is 89.2 Å². The molecule has 1 aliphatic rings. The van der Waals surface area contributed by atoms with E-state index in [9.17, 15) is 23.1 Å². The normalized spacial score (nSPS) is 16.4. The van der Waals surface area contributed by atoms with Crippen LogP contribution in [0.25, 0.3) is 0 Å². The Bertz CT molecular complexity index is 1640. The SMILES string of the molecule is CC(C)CN(C[C@H](O)[C@@H](CCC(C)C(C(N)=O)N1CCN(Cc2cccnc2)C1=O)Cc1ccccc1)S(=O)(=O)c1ccc(C=NO)cc1. The maximum atomic E-state index is 13.8. The number of primary amides is 1. The summed E-state index contributed by atoms with van der Waals surface area (Å²) in [5, 5.41) is 23.6. The van der Waals surface area contributed by atoms with Gasteiger partial charge in [0, 0.05) is 45.1 Å². The van der Waals surface area contributed by atoms with Crippen molar-refractivity contribution in [3.63, 3.8) is 0 Å². The van der Waals surface area contributed by atoms with Gasteiger partial charge in [0.1, 0.15) is 6.04 Å². The smallest absolute Gasteiger partial charge is 0.321 e. The predicted octanol–water partition coefficient (Wildman–Crippen LogP) is 3.96. The zero-order valence-electron chi connectivity index (χ0n) is 28.4. The Labute approximate surface area is 289 Å². The summed E-state index contributed by atoms with van der Waals surface area (Å²) in [6, 6.07) is 18.3. The molecule has 1 saturated heterocycles. The molecule has 4 N–H and O–H groups in total. The van der Waals surface area contributed by atoms with Crippen LogP contribution in [0.5, 0.6) is 0 Å². The Kier molecular flexibility index (Phi) is 13.3. The van der Waals surface area contributed by atoms with E-state index in [1.807, 2.05) is 63.2 Å². The maximum Gasteiger partial charge on any atom is 0.321 e. The molecule has 0 bridgehead atoms. The molecule has 4 rings (SSSR count). The van der Waals surface area contributed by atoms with Crippen molar-refractivity contribution >= 4 is 28.2 Å². The molecule has 0 spiro atoms. The van der Waals surface area contributed by atoms with Crippen LogP contribution in [-0.4, -0.2) is 94.3 Å². The highest BCUT2D eigenvalue weighted by Gasteiger charge is 2.39. The molecule has 2 unspecified atom stereocenters. The molecule has 0 aliphatic carbocycles. The standard InChI is InChI=1S/C36H48N6O6S/c1-26(2)23-41(49(47,48)32-15-12-29(13-16-32)22-39-46)25-33(43)31(20-28-8-5-4-6-9-28)14-11-27(3)34(35(37)44)42-19-18-40(36(42)45)24-30-10-7-17-38-21-30/h4-10,12-13,15-17,21-22,26-27,31,33-34,43,46H,11,14,18-20,23-25H2,1-3H3,(H2,37,44)/t27?,31-,33-,34?/m0/s1. The van der Waals surface area contributed by atoms with Gasteiger partial charge in [0.2, 0.25) is 15.9 Å². The van der Waals surface area contributed by atoms with Crippen molar-refractivity contribution in [1.82, 2.24) is 19.1 Å². The highest BCUT2D eigenvalue weighted by molar-refractivity contribution is 7.89. The van der Waals surface area contributed by atoms with E-state index in [1.54, 1.807) is 34.3 Å². The number of oxime groups is 1. The number of pyridine rings is 1. The first kappa shape index (κ1) is 37.5. The van der Waals surface area contributed by atoms with Crippen LogP contribution in [0, 0.1) is 17.8 Å². The summed E-state index contributed by atoms with van der Waals surface area (Å²) < 4.78 is 29.0. The number of nitrogens with zero attached hydrogens (tertiary/aromatic N) is 5. The van der Waals surface area contributed by atoms with E-state index in [0.717, 1.165) is 11.1 Å². The molecule has 1 aromatic heterocycles. The summed E-state index contributed by atoms with van der Waals surface area (Å²) in [6.07, 6.45) is 4.98. The molecule has 3 aromatic rings. The van der Waals surface area contributed by atoms with Crippen molar-refractivity contribution < 1.29 is 28.3 Å². The average molecular weight is 693 g/mol. The minimum atomic E-state index is -3.98. The summed E-state index contributed by atoms with van der Waals surface area (Å²) in [4.78, 5) is 33.7. The second-order valence-electron chi connectivity index (χ2n) is 13.2. The Hall–Kier alpha value is -4.33. The van der Waals surface area contributed by atoms with Gasteiger partial charge >= 0.3 is 6.03 Å². The molecular formula is C36H48N6O6S. The largest absolute Gasteiger partial charge is 0.411 e. The van der Waals surface area contributed by atoms with Gasteiger partial charge in [0.05, 0.1) is 17.2 Å². The number of rotatable bonds is 18. The summed E-state index contributed by atoms with van der Waals surface area (Å²) in [5.41, 5.74) is 8.33. The molecule has 2 aromatic carbocycles. The molecule has 1 aliphatic heterocycles. The Balaban J connectivity index is 1.51. The number of amides is 3. The van der Waals surface area contributed by atoms with Crippen LogP contribution >= 0.6 is 0 Å². The number of aliphatic hydroxyl groups excluding tert-OH is 1. The van der Waals surface area contributed by atoms with Gasteiger partial charge in [-0.3, -0.25) is 9.78 Å². The first-order valence-corrected chi connectivity index (χ1v) is 18.1. The van der Waals surface area contributed by atoms with Gasteiger partial charge in [-0.1, -0.05) is 74.5 Å². The lowest BCUT2D eigenvalue weighted by atomic mass is 9.85. The van der Waals surface area contributed by atoms with Crippen molar-refractivity contribution in [2.45, 2.75) is 63.6 Å². The molecule has 49 heavy (non-hydrogen) atoms. The van der Waals surface area contributed by atoms with E-state index >= 15 is 0 Å². The number of aliphatic hydroxyl groups is 1. The van der Waals surface area contributed by atoms with E-state index in [-0.39, 0.29) is 41.8 Å². The highest BCUT2D eigenvalue weighted by atomic mass is 32.2. The fourth-order valence-corrected chi connectivity index (χ4v) is 8.04. The van der Waals surface area contributed by atoms with Gasteiger partial charge < -0.3 is 25.8 Å². The fourth-order valence-electron chi connectivity index (χ4n) is 6.42. The minimum Gasteiger partial charge on any atom is -0.411 e. The van der Waals surface area contributed by atoms with Crippen molar-refractivity contribution in [3.05, 3.63) is 95.8 Å². The highest BCUT2D eigenvalue weighted by Crippen LogP contribution is 2.28. The molecule has 2 heterocycles. The van der Waals surface area contributed by atoms with Crippen LogP contribution in [0.2, 0.25) is 0 Å².